The first-order valence-electron chi connectivity index (χ1n) is 6.20. The SMILES string of the molecule is NNC(CC1CCCC(F)(F)C1)c1cc(Cl)sc1Cl. The number of hydrazine groups is 1. The van der Waals surface area contributed by atoms with Crippen LogP contribution in [0.4, 0.5) is 8.78 Å². The summed E-state index contributed by atoms with van der Waals surface area (Å²) in [5.41, 5.74) is 3.46. The maximum absolute atomic E-state index is 13.4. The summed E-state index contributed by atoms with van der Waals surface area (Å²) in [6.45, 7) is 0. The van der Waals surface area contributed by atoms with Crippen molar-refractivity contribution < 1.29 is 8.78 Å². The largest absolute Gasteiger partial charge is 0.271 e. The van der Waals surface area contributed by atoms with E-state index in [9.17, 15) is 8.78 Å². The maximum atomic E-state index is 13.4. The highest BCUT2D eigenvalue weighted by Gasteiger charge is 2.37. The van der Waals surface area contributed by atoms with Crippen LogP contribution in [0.2, 0.25) is 8.67 Å². The number of nitrogens with two attached hydrogens (primary N) is 1. The summed E-state index contributed by atoms with van der Waals surface area (Å²) in [6.07, 6.45) is 1.85. The Morgan fingerprint density at radius 3 is 2.79 bits per heavy atom. The summed E-state index contributed by atoms with van der Waals surface area (Å²) in [5, 5.41) is 0. The first-order valence-corrected chi connectivity index (χ1v) is 7.77. The van der Waals surface area contributed by atoms with Gasteiger partial charge in [-0.15, -0.1) is 11.3 Å². The molecule has 1 heterocycles. The van der Waals surface area contributed by atoms with Gasteiger partial charge in [0.25, 0.3) is 0 Å². The van der Waals surface area contributed by atoms with Crippen LogP contribution < -0.4 is 11.3 Å². The summed E-state index contributed by atoms with van der Waals surface area (Å²) in [4.78, 5) is 0. The molecule has 0 aromatic carbocycles. The van der Waals surface area contributed by atoms with Crippen LogP contribution in [0, 0.1) is 5.92 Å². The molecule has 1 aliphatic rings. The number of rotatable bonds is 4. The van der Waals surface area contributed by atoms with Gasteiger partial charge in [0.1, 0.15) is 0 Å². The van der Waals surface area contributed by atoms with Crippen LogP contribution in [0.1, 0.15) is 43.7 Å². The number of hydrogen-bond donors (Lipinski definition) is 2. The standard InChI is InChI=1S/C12H16Cl2F2N2S/c13-10-5-8(11(14)19-10)9(18-17)4-7-2-1-3-12(15,16)6-7/h5,7,9,18H,1-4,6,17H2. The minimum atomic E-state index is -2.54. The van der Waals surface area contributed by atoms with Gasteiger partial charge in [0.15, 0.2) is 0 Å². The number of halogens is 4. The van der Waals surface area contributed by atoms with E-state index in [2.05, 4.69) is 5.43 Å². The monoisotopic (exact) mass is 328 g/mol. The second-order valence-corrected chi connectivity index (χ2v) is 7.34. The smallest absolute Gasteiger partial charge is 0.248 e. The van der Waals surface area contributed by atoms with Crippen molar-refractivity contribution in [1.29, 1.82) is 0 Å². The van der Waals surface area contributed by atoms with Gasteiger partial charge in [-0.1, -0.05) is 23.2 Å². The molecule has 2 rings (SSSR count). The van der Waals surface area contributed by atoms with E-state index in [0.29, 0.717) is 21.5 Å². The number of hydrogen-bond acceptors (Lipinski definition) is 3. The zero-order valence-electron chi connectivity index (χ0n) is 10.3. The zero-order chi connectivity index (χ0) is 14.0. The molecule has 108 valence electrons. The topological polar surface area (TPSA) is 38.0 Å². The predicted molar refractivity (Wildman–Crippen MR) is 75.9 cm³/mol. The minimum Gasteiger partial charge on any atom is -0.271 e. The van der Waals surface area contributed by atoms with Gasteiger partial charge in [0, 0.05) is 24.4 Å². The lowest BCUT2D eigenvalue weighted by Crippen LogP contribution is -2.33. The van der Waals surface area contributed by atoms with E-state index >= 15 is 0 Å². The lowest BCUT2D eigenvalue weighted by molar-refractivity contribution is -0.0548. The summed E-state index contributed by atoms with van der Waals surface area (Å²) in [6, 6.07) is 1.52. The van der Waals surface area contributed by atoms with Gasteiger partial charge in [-0.25, -0.2) is 8.78 Å². The fraction of sp³-hybridized carbons (Fsp3) is 0.667. The Kier molecular flexibility index (Phi) is 5.06. The van der Waals surface area contributed by atoms with E-state index in [-0.39, 0.29) is 24.8 Å². The molecule has 1 fully saturated rings. The molecule has 1 aromatic heterocycles. The fourth-order valence-corrected chi connectivity index (χ4v) is 4.26. The Morgan fingerprint density at radius 1 is 1.53 bits per heavy atom. The van der Waals surface area contributed by atoms with Crippen LogP contribution >= 0.6 is 34.5 Å². The Hall–Kier alpha value is 0.0600. The molecule has 0 aliphatic heterocycles. The molecule has 0 saturated heterocycles. The van der Waals surface area contributed by atoms with E-state index in [4.69, 9.17) is 29.0 Å². The Bertz CT molecular complexity index is 439. The van der Waals surface area contributed by atoms with Crippen molar-refractivity contribution in [2.24, 2.45) is 11.8 Å². The minimum absolute atomic E-state index is 0.00471. The first-order chi connectivity index (χ1) is 8.91. The molecule has 1 aliphatic carbocycles. The van der Waals surface area contributed by atoms with Crippen molar-refractivity contribution in [3.8, 4) is 0 Å². The van der Waals surface area contributed by atoms with Crippen LogP contribution in [-0.2, 0) is 0 Å². The highest BCUT2D eigenvalue weighted by molar-refractivity contribution is 7.20. The summed E-state index contributed by atoms with van der Waals surface area (Å²) < 4.78 is 27.9. The zero-order valence-corrected chi connectivity index (χ0v) is 12.6. The number of nitrogens with one attached hydrogen (secondary N) is 1. The second kappa shape index (κ2) is 6.22. The predicted octanol–water partition coefficient (Wildman–Crippen LogP) is 4.77. The highest BCUT2D eigenvalue weighted by atomic mass is 35.5. The molecule has 0 spiro atoms. The highest BCUT2D eigenvalue weighted by Crippen LogP contribution is 2.42. The van der Waals surface area contributed by atoms with Gasteiger partial charge in [0.05, 0.1) is 8.67 Å². The molecule has 7 heteroatoms. The van der Waals surface area contributed by atoms with E-state index in [0.717, 1.165) is 12.0 Å². The van der Waals surface area contributed by atoms with Gasteiger partial charge < -0.3 is 0 Å². The van der Waals surface area contributed by atoms with Crippen molar-refractivity contribution in [3.05, 3.63) is 20.3 Å². The molecular weight excluding hydrogens is 313 g/mol. The third-order valence-electron chi connectivity index (χ3n) is 3.57. The van der Waals surface area contributed by atoms with E-state index in [1.54, 1.807) is 6.07 Å². The normalized spacial score (nSPS) is 24.4. The van der Waals surface area contributed by atoms with Gasteiger partial charge in [-0.05, 0) is 31.2 Å². The second-order valence-electron chi connectivity index (χ2n) is 5.05. The lowest BCUT2D eigenvalue weighted by Gasteiger charge is -2.31. The summed E-state index contributed by atoms with van der Waals surface area (Å²) >= 11 is 13.2. The summed E-state index contributed by atoms with van der Waals surface area (Å²) in [5.74, 6) is 2.95. The Labute approximate surface area is 125 Å². The summed E-state index contributed by atoms with van der Waals surface area (Å²) in [7, 11) is 0. The molecule has 0 bridgehead atoms. The van der Waals surface area contributed by atoms with Crippen molar-refractivity contribution in [1.82, 2.24) is 5.43 Å². The fourth-order valence-electron chi connectivity index (χ4n) is 2.69. The van der Waals surface area contributed by atoms with Crippen LogP contribution in [-0.4, -0.2) is 5.92 Å². The van der Waals surface area contributed by atoms with Crippen molar-refractivity contribution in [3.63, 3.8) is 0 Å². The lowest BCUT2D eigenvalue weighted by atomic mass is 9.82. The molecule has 0 radical (unpaired) electrons. The molecule has 0 amide bonds. The third-order valence-corrected chi connectivity index (χ3v) is 5.09. The molecule has 1 aromatic rings. The van der Waals surface area contributed by atoms with Crippen molar-refractivity contribution in [2.75, 3.05) is 0 Å². The van der Waals surface area contributed by atoms with Crippen LogP contribution in [0.25, 0.3) is 0 Å². The number of thiophene rings is 1. The van der Waals surface area contributed by atoms with E-state index in [1.165, 1.54) is 11.3 Å². The van der Waals surface area contributed by atoms with Gasteiger partial charge in [-0.2, -0.15) is 0 Å². The van der Waals surface area contributed by atoms with Crippen LogP contribution in [0.15, 0.2) is 6.07 Å². The number of alkyl halides is 2. The third kappa shape index (κ3) is 4.02. The van der Waals surface area contributed by atoms with Crippen LogP contribution in [0.5, 0.6) is 0 Å². The molecule has 19 heavy (non-hydrogen) atoms. The van der Waals surface area contributed by atoms with Gasteiger partial charge in [-0.3, -0.25) is 11.3 Å². The Balaban J connectivity index is 2.05. The maximum Gasteiger partial charge on any atom is 0.248 e. The first kappa shape index (κ1) is 15.4. The quantitative estimate of drug-likeness (QED) is 0.616. The van der Waals surface area contributed by atoms with Crippen LogP contribution in [0.3, 0.4) is 0 Å². The average Bonchev–Trinajstić information content (AvgIpc) is 2.64. The molecule has 2 nitrogen and oxygen atoms in total. The Morgan fingerprint density at radius 2 is 2.26 bits per heavy atom. The van der Waals surface area contributed by atoms with E-state index in [1.807, 2.05) is 0 Å². The molecule has 2 atom stereocenters. The van der Waals surface area contributed by atoms with Crippen molar-refractivity contribution in [2.45, 2.75) is 44.1 Å². The van der Waals surface area contributed by atoms with Gasteiger partial charge >= 0.3 is 0 Å². The molecular formula is C12H16Cl2F2N2S. The molecule has 1 saturated carbocycles. The molecule has 2 unspecified atom stereocenters. The van der Waals surface area contributed by atoms with E-state index < -0.39 is 5.92 Å². The molecule has 3 N–H and O–H groups in total. The van der Waals surface area contributed by atoms with Crippen molar-refractivity contribution >= 4 is 34.5 Å². The van der Waals surface area contributed by atoms with Gasteiger partial charge in [0.2, 0.25) is 5.92 Å². The average molecular weight is 329 g/mol.